The summed E-state index contributed by atoms with van der Waals surface area (Å²) in [5, 5.41) is 0. The molecule has 0 aromatic heterocycles. The fourth-order valence-electron chi connectivity index (χ4n) is 2.48. The molecule has 0 fully saturated rings. The maximum absolute atomic E-state index is 12.2. The molecule has 0 saturated heterocycles. The average molecular weight is 453 g/mol. The number of benzene rings is 3. The highest BCUT2D eigenvalue weighted by Gasteiger charge is 2.13. The minimum absolute atomic E-state index is 0.318. The molecule has 0 N–H and O–H groups in total. The molecule has 3 aromatic rings. The monoisotopic (exact) mass is 452 g/mol. The zero-order valence-electron chi connectivity index (χ0n) is 15.6. The van der Waals surface area contributed by atoms with Crippen LogP contribution >= 0.6 is 15.9 Å². The van der Waals surface area contributed by atoms with Gasteiger partial charge in [0.1, 0.15) is 5.75 Å². The Balaban J connectivity index is 1.56. The molecule has 5 nitrogen and oxygen atoms in total. The van der Waals surface area contributed by atoms with Crippen LogP contribution in [-0.4, -0.2) is 24.3 Å². The van der Waals surface area contributed by atoms with Crippen LogP contribution in [0, 0.1) is 6.92 Å². The van der Waals surface area contributed by atoms with Crippen LogP contribution in [0.2, 0.25) is 0 Å². The van der Waals surface area contributed by atoms with Gasteiger partial charge >= 0.3 is 11.9 Å². The third kappa shape index (κ3) is 5.62. The van der Waals surface area contributed by atoms with Crippen LogP contribution in [0.15, 0.2) is 77.3 Å². The Morgan fingerprint density at radius 3 is 2.10 bits per heavy atom. The maximum Gasteiger partial charge on any atom is 0.343 e. The summed E-state index contributed by atoms with van der Waals surface area (Å²) in [7, 11) is 0. The highest BCUT2D eigenvalue weighted by atomic mass is 79.9. The fourth-order valence-corrected chi connectivity index (χ4v) is 2.88. The van der Waals surface area contributed by atoms with Gasteiger partial charge in [-0.1, -0.05) is 39.7 Å². The first kappa shape index (κ1) is 20.5. The van der Waals surface area contributed by atoms with E-state index in [2.05, 4.69) is 15.9 Å². The van der Waals surface area contributed by atoms with Gasteiger partial charge < -0.3 is 9.47 Å². The molecule has 0 bridgehead atoms. The molecular weight excluding hydrogens is 436 g/mol. The Morgan fingerprint density at radius 2 is 1.45 bits per heavy atom. The molecular formula is C23H17BrO5. The first-order chi connectivity index (χ1) is 13.9. The van der Waals surface area contributed by atoms with E-state index in [9.17, 15) is 14.4 Å². The largest absolute Gasteiger partial charge is 0.454 e. The van der Waals surface area contributed by atoms with Gasteiger partial charge in [-0.25, -0.2) is 9.59 Å². The SMILES string of the molecule is Cc1ccc(C(=O)Oc2ccc(C(=O)COC(=O)c3cccc(Br)c3)cc2)cc1. The van der Waals surface area contributed by atoms with E-state index in [0.29, 0.717) is 22.4 Å². The van der Waals surface area contributed by atoms with Gasteiger partial charge in [-0.3, -0.25) is 4.79 Å². The first-order valence-electron chi connectivity index (χ1n) is 8.77. The minimum Gasteiger partial charge on any atom is -0.454 e. The van der Waals surface area contributed by atoms with Crippen LogP contribution in [0.25, 0.3) is 0 Å². The zero-order valence-corrected chi connectivity index (χ0v) is 17.1. The fraction of sp³-hybridized carbons (Fsp3) is 0.0870. The number of ether oxygens (including phenoxy) is 2. The molecule has 0 atom stereocenters. The highest BCUT2D eigenvalue weighted by molar-refractivity contribution is 9.10. The van der Waals surface area contributed by atoms with Crippen molar-refractivity contribution < 1.29 is 23.9 Å². The Labute approximate surface area is 176 Å². The second-order valence-corrected chi connectivity index (χ2v) is 7.21. The number of hydrogen-bond acceptors (Lipinski definition) is 5. The molecule has 0 amide bonds. The molecule has 0 aliphatic carbocycles. The lowest BCUT2D eigenvalue weighted by atomic mass is 10.1. The number of esters is 2. The van der Waals surface area contributed by atoms with E-state index >= 15 is 0 Å². The average Bonchev–Trinajstić information content (AvgIpc) is 2.72. The predicted octanol–water partition coefficient (Wildman–Crippen LogP) is 5.02. The van der Waals surface area contributed by atoms with Crippen molar-refractivity contribution in [3.8, 4) is 5.75 Å². The maximum atomic E-state index is 12.2. The van der Waals surface area contributed by atoms with E-state index in [1.165, 1.54) is 24.3 Å². The molecule has 3 aromatic carbocycles. The third-order valence-electron chi connectivity index (χ3n) is 4.07. The van der Waals surface area contributed by atoms with Crippen molar-refractivity contribution in [2.75, 3.05) is 6.61 Å². The predicted molar refractivity (Wildman–Crippen MR) is 111 cm³/mol. The molecule has 6 heteroatoms. The van der Waals surface area contributed by atoms with E-state index in [0.717, 1.165) is 10.0 Å². The summed E-state index contributed by atoms with van der Waals surface area (Å²) in [5.74, 6) is -1.10. The zero-order chi connectivity index (χ0) is 20.8. The van der Waals surface area contributed by atoms with Crippen LogP contribution in [0.5, 0.6) is 5.75 Å². The molecule has 0 spiro atoms. The van der Waals surface area contributed by atoms with Crippen molar-refractivity contribution in [2.45, 2.75) is 6.92 Å². The van der Waals surface area contributed by atoms with Crippen molar-refractivity contribution in [3.05, 3.63) is 99.5 Å². The van der Waals surface area contributed by atoms with Crippen molar-refractivity contribution in [1.29, 1.82) is 0 Å². The van der Waals surface area contributed by atoms with Gasteiger partial charge in [0, 0.05) is 10.0 Å². The number of rotatable bonds is 6. The molecule has 146 valence electrons. The molecule has 0 saturated carbocycles. The number of carbonyl (C=O) groups excluding carboxylic acids is 3. The topological polar surface area (TPSA) is 69.7 Å². The lowest BCUT2D eigenvalue weighted by Crippen LogP contribution is -2.14. The molecule has 0 aliphatic heterocycles. The summed E-state index contributed by atoms with van der Waals surface area (Å²) in [6, 6.07) is 19.8. The number of ketones is 1. The van der Waals surface area contributed by atoms with Crippen LogP contribution in [-0.2, 0) is 4.74 Å². The number of Topliss-reactive ketones (excluding diaryl/α,β-unsaturated/α-hetero) is 1. The van der Waals surface area contributed by atoms with Gasteiger partial charge in [0.2, 0.25) is 0 Å². The van der Waals surface area contributed by atoms with Gasteiger partial charge in [-0.2, -0.15) is 0 Å². The van der Waals surface area contributed by atoms with Gasteiger partial charge in [0.05, 0.1) is 11.1 Å². The van der Waals surface area contributed by atoms with Crippen LogP contribution in [0.1, 0.15) is 36.6 Å². The van der Waals surface area contributed by atoms with E-state index < -0.39 is 11.9 Å². The standard InChI is InChI=1S/C23H17BrO5/c1-15-5-7-17(8-6-15)23(27)29-20-11-9-16(10-12-20)21(25)14-28-22(26)18-3-2-4-19(24)13-18/h2-13H,14H2,1H3. The molecule has 0 heterocycles. The second kappa shape index (κ2) is 9.30. The Kier molecular flexibility index (Phi) is 6.57. The third-order valence-corrected chi connectivity index (χ3v) is 4.56. The van der Waals surface area contributed by atoms with E-state index in [1.54, 1.807) is 36.4 Å². The Morgan fingerprint density at radius 1 is 0.793 bits per heavy atom. The first-order valence-corrected chi connectivity index (χ1v) is 9.56. The van der Waals surface area contributed by atoms with Crippen LogP contribution in [0.3, 0.4) is 0 Å². The molecule has 3 rings (SSSR count). The van der Waals surface area contributed by atoms with E-state index in [-0.39, 0.29) is 12.4 Å². The van der Waals surface area contributed by atoms with Crippen molar-refractivity contribution >= 4 is 33.7 Å². The number of aryl methyl sites for hydroxylation is 1. The Bertz CT molecular complexity index is 1040. The minimum atomic E-state index is -0.580. The lowest BCUT2D eigenvalue weighted by Gasteiger charge is -2.07. The number of halogens is 1. The van der Waals surface area contributed by atoms with E-state index in [4.69, 9.17) is 9.47 Å². The van der Waals surface area contributed by atoms with Crippen molar-refractivity contribution in [1.82, 2.24) is 0 Å². The summed E-state index contributed by atoms with van der Waals surface area (Å²) in [4.78, 5) is 36.4. The highest BCUT2D eigenvalue weighted by Crippen LogP contribution is 2.16. The Hall–Kier alpha value is -3.25. The van der Waals surface area contributed by atoms with E-state index in [1.807, 2.05) is 19.1 Å². The number of hydrogen-bond donors (Lipinski definition) is 0. The quantitative estimate of drug-likeness (QED) is 0.298. The lowest BCUT2D eigenvalue weighted by molar-refractivity contribution is 0.0474. The summed E-state index contributed by atoms with van der Waals surface area (Å²) < 4.78 is 11.1. The van der Waals surface area contributed by atoms with Gasteiger partial charge in [-0.05, 0) is 61.5 Å². The smallest absolute Gasteiger partial charge is 0.343 e. The summed E-state index contributed by atoms with van der Waals surface area (Å²) in [6.07, 6.45) is 0. The molecule has 0 aliphatic rings. The molecule has 29 heavy (non-hydrogen) atoms. The normalized spacial score (nSPS) is 10.3. The molecule has 0 unspecified atom stereocenters. The van der Waals surface area contributed by atoms with Crippen molar-refractivity contribution in [2.24, 2.45) is 0 Å². The van der Waals surface area contributed by atoms with Crippen LogP contribution < -0.4 is 4.74 Å². The number of carbonyl (C=O) groups is 3. The van der Waals surface area contributed by atoms with Gasteiger partial charge in [0.15, 0.2) is 12.4 Å². The summed E-state index contributed by atoms with van der Waals surface area (Å²) >= 11 is 3.28. The van der Waals surface area contributed by atoms with Gasteiger partial charge in [-0.15, -0.1) is 0 Å². The second-order valence-electron chi connectivity index (χ2n) is 6.29. The van der Waals surface area contributed by atoms with Crippen LogP contribution in [0.4, 0.5) is 0 Å². The van der Waals surface area contributed by atoms with Gasteiger partial charge in [0.25, 0.3) is 0 Å². The van der Waals surface area contributed by atoms with Crippen molar-refractivity contribution in [3.63, 3.8) is 0 Å². The molecule has 0 radical (unpaired) electrons. The summed E-state index contributed by atoms with van der Waals surface area (Å²) in [6.45, 7) is 1.55. The summed E-state index contributed by atoms with van der Waals surface area (Å²) in [5.41, 5.74) is 2.19.